The molecule has 1 saturated heterocycles. The highest BCUT2D eigenvalue weighted by molar-refractivity contribution is 7.85. The Labute approximate surface area is 102 Å². The molecule has 1 aromatic heterocycles. The lowest BCUT2D eigenvalue weighted by Gasteiger charge is -2.05. The van der Waals surface area contributed by atoms with Gasteiger partial charge in [0.15, 0.2) is 0 Å². The van der Waals surface area contributed by atoms with Gasteiger partial charge in [-0.1, -0.05) is 11.6 Å². The Morgan fingerprint density at radius 1 is 1.47 bits per heavy atom. The smallest absolute Gasteiger partial charge is 0.218 e. The summed E-state index contributed by atoms with van der Waals surface area (Å²) >= 11 is 5.64. The summed E-state index contributed by atoms with van der Waals surface area (Å²) in [4.78, 5) is 7.90. The van der Waals surface area contributed by atoms with Gasteiger partial charge in [0.25, 0.3) is 0 Å². The van der Waals surface area contributed by atoms with Crippen LogP contribution in [0.15, 0.2) is 17.6 Å². The maximum Gasteiger partial charge on any atom is 0.218 e. The largest absolute Gasteiger partial charge is 0.315 e. The molecule has 1 aliphatic rings. The Morgan fingerprint density at radius 3 is 2.67 bits per heavy atom. The van der Waals surface area contributed by atoms with Crippen LogP contribution in [0.4, 0.5) is 0 Å². The van der Waals surface area contributed by atoms with Crippen LogP contribution in [0.1, 0.15) is 6.42 Å². The summed E-state index contributed by atoms with van der Waals surface area (Å²) in [5.74, 6) is 0. The van der Waals surface area contributed by atoms with Crippen molar-refractivity contribution in [1.29, 1.82) is 0 Å². The summed E-state index contributed by atoms with van der Waals surface area (Å²) in [5.41, 5.74) is 0. The summed E-state index contributed by atoms with van der Waals surface area (Å²) in [6, 6.07) is 0. The van der Waals surface area contributed by atoms with E-state index in [4.69, 9.17) is 11.6 Å². The lowest BCUT2D eigenvalue weighted by molar-refractivity contribution is 0.664. The van der Waals surface area contributed by atoms with Crippen molar-refractivity contribution < 1.29 is 4.21 Å². The van der Waals surface area contributed by atoms with Crippen molar-refractivity contribution in [2.24, 2.45) is 0 Å². The average Bonchev–Trinajstić information content (AvgIpc) is 2.71. The van der Waals surface area contributed by atoms with Crippen LogP contribution < -0.4 is 5.32 Å². The molecule has 7 heteroatoms. The van der Waals surface area contributed by atoms with E-state index in [1.165, 1.54) is 12.4 Å². The lowest BCUT2D eigenvalue weighted by atomic mass is 10.4. The van der Waals surface area contributed by atoms with E-state index in [1.807, 2.05) is 0 Å². The molecule has 0 aromatic carbocycles. The highest BCUT2D eigenvalue weighted by atomic mass is 35.5. The molecule has 1 N–H and O–H groups in total. The first kappa shape index (κ1) is 12.8. The zero-order valence-corrected chi connectivity index (χ0v) is 10.2. The minimum absolute atomic E-state index is 0. The second-order valence-electron chi connectivity index (χ2n) is 3.10. The first-order valence-electron chi connectivity index (χ1n) is 4.36. The Kier molecular flexibility index (Phi) is 4.92. The summed E-state index contributed by atoms with van der Waals surface area (Å²) < 4.78 is 11.9. The number of hydrogen-bond acceptors (Lipinski definition) is 4. The summed E-state index contributed by atoms with van der Waals surface area (Å²) in [5, 5.41) is 4.14. The molecular weight excluding hydrogens is 257 g/mol. The molecular formula is C8H11Cl2N3OS. The monoisotopic (exact) mass is 267 g/mol. The van der Waals surface area contributed by atoms with Crippen molar-refractivity contribution in [2.75, 3.05) is 13.1 Å². The fraction of sp³-hybridized carbons (Fsp3) is 0.500. The second kappa shape index (κ2) is 5.75. The SMILES string of the molecule is Cl.O=[S@@](c1ncc(Cl)cn1)[C@H]1CCNC1. The molecule has 0 unspecified atom stereocenters. The summed E-state index contributed by atoms with van der Waals surface area (Å²) in [6.45, 7) is 1.70. The molecule has 0 bridgehead atoms. The molecule has 15 heavy (non-hydrogen) atoms. The minimum Gasteiger partial charge on any atom is -0.315 e. The van der Waals surface area contributed by atoms with Crippen LogP contribution in [-0.4, -0.2) is 32.5 Å². The molecule has 0 radical (unpaired) electrons. The van der Waals surface area contributed by atoms with Crippen LogP contribution >= 0.6 is 24.0 Å². The van der Waals surface area contributed by atoms with Gasteiger partial charge in [-0.15, -0.1) is 12.4 Å². The van der Waals surface area contributed by atoms with Gasteiger partial charge in [0.2, 0.25) is 5.16 Å². The van der Waals surface area contributed by atoms with Gasteiger partial charge in [-0.2, -0.15) is 0 Å². The Balaban J connectivity index is 0.00000112. The van der Waals surface area contributed by atoms with E-state index in [2.05, 4.69) is 15.3 Å². The zero-order valence-electron chi connectivity index (χ0n) is 7.85. The van der Waals surface area contributed by atoms with E-state index >= 15 is 0 Å². The van der Waals surface area contributed by atoms with Crippen molar-refractivity contribution >= 4 is 34.8 Å². The number of nitrogens with zero attached hydrogens (tertiary/aromatic N) is 2. The van der Waals surface area contributed by atoms with E-state index in [-0.39, 0.29) is 17.7 Å². The third-order valence-corrected chi connectivity index (χ3v) is 3.87. The van der Waals surface area contributed by atoms with Gasteiger partial charge in [-0.3, -0.25) is 4.21 Å². The minimum atomic E-state index is -1.11. The van der Waals surface area contributed by atoms with E-state index in [0.717, 1.165) is 19.5 Å². The van der Waals surface area contributed by atoms with Crippen LogP contribution in [0.5, 0.6) is 0 Å². The molecule has 2 atom stereocenters. The van der Waals surface area contributed by atoms with Crippen LogP contribution in [0, 0.1) is 0 Å². The van der Waals surface area contributed by atoms with Crippen LogP contribution in [0.2, 0.25) is 5.02 Å². The number of halogens is 2. The Morgan fingerprint density at radius 2 is 2.13 bits per heavy atom. The number of aromatic nitrogens is 2. The molecule has 2 rings (SSSR count). The molecule has 0 aliphatic carbocycles. The van der Waals surface area contributed by atoms with Gasteiger partial charge in [0, 0.05) is 6.54 Å². The molecule has 84 valence electrons. The van der Waals surface area contributed by atoms with Crippen molar-refractivity contribution in [3.63, 3.8) is 0 Å². The van der Waals surface area contributed by atoms with Crippen molar-refractivity contribution in [2.45, 2.75) is 16.8 Å². The van der Waals surface area contributed by atoms with Gasteiger partial charge in [0.05, 0.1) is 33.5 Å². The van der Waals surface area contributed by atoms with Crippen LogP contribution in [0.3, 0.4) is 0 Å². The molecule has 0 amide bonds. The third-order valence-electron chi connectivity index (χ3n) is 2.09. The number of nitrogens with one attached hydrogen (secondary N) is 1. The molecule has 0 spiro atoms. The number of rotatable bonds is 2. The van der Waals surface area contributed by atoms with Crippen LogP contribution in [-0.2, 0) is 10.8 Å². The molecule has 0 saturated carbocycles. The molecule has 1 aromatic rings. The summed E-state index contributed by atoms with van der Waals surface area (Å²) in [6.07, 6.45) is 3.87. The quantitative estimate of drug-likeness (QED) is 0.814. The zero-order chi connectivity index (χ0) is 9.97. The van der Waals surface area contributed by atoms with E-state index in [0.29, 0.717) is 10.2 Å². The van der Waals surface area contributed by atoms with Gasteiger partial charge in [-0.25, -0.2) is 9.97 Å². The maximum absolute atomic E-state index is 11.9. The third kappa shape index (κ3) is 3.11. The molecule has 1 fully saturated rings. The highest BCUT2D eigenvalue weighted by Crippen LogP contribution is 2.13. The predicted octanol–water partition coefficient (Wildman–Crippen LogP) is 1.02. The van der Waals surface area contributed by atoms with Crippen molar-refractivity contribution in [3.05, 3.63) is 17.4 Å². The van der Waals surface area contributed by atoms with Crippen molar-refractivity contribution in [1.82, 2.24) is 15.3 Å². The van der Waals surface area contributed by atoms with Gasteiger partial charge in [0.1, 0.15) is 0 Å². The van der Waals surface area contributed by atoms with E-state index < -0.39 is 10.8 Å². The first-order valence-corrected chi connectivity index (χ1v) is 5.95. The predicted molar refractivity (Wildman–Crippen MR) is 62.0 cm³/mol. The van der Waals surface area contributed by atoms with Gasteiger partial charge >= 0.3 is 0 Å². The standard InChI is InChI=1S/C8H10ClN3OS.ClH/c9-6-3-11-8(12-4-6)14(13)7-1-2-10-5-7;/h3-4,7,10H,1-2,5H2;1H/t7-,14+;/m0./s1. The number of hydrogen-bond donors (Lipinski definition) is 1. The highest BCUT2D eigenvalue weighted by Gasteiger charge is 2.23. The van der Waals surface area contributed by atoms with E-state index in [1.54, 1.807) is 0 Å². The normalized spacial score (nSPS) is 22.1. The van der Waals surface area contributed by atoms with Crippen molar-refractivity contribution in [3.8, 4) is 0 Å². The first-order chi connectivity index (χ1) is 6.77. The molecule has 2 heterocycles. The fourth-order valence-corrected chi connectivity index (χ4v) is 2.67. The molecule has 1 aliphatic heterocycles. The Hall–Kier alpha value is -0.230. The van der Waals surface area contributed by atoms with Gasteiger partial charge in [-0.05, 0) is 13.0 Å². The lowest BCUT2D eigenvalue weighted by Crippen LogP contribution is -2.20. The summed E-state index contributed by atoms with van der Waals surface area (Å²) in [7, 11) is -1.11. The van der Waals surface area contributed by atoms with Gasteiger partial charge < -0.3 is 5.32 Å². The van der Waals surface area contributed by atoms with Crippen LogP contribution in [0.25, 0.3) is 0 Å². The maximum atomic E-state index is 11.9. The molecule has 4 nitrogen and oxygen atoms in total. The Bertz CT molecular complexity index is 340. The average molecular weight is 268 g/mol. The second-order valence-corrected chi connectivity index (χ2v) is 5.16. The fourth-order valence-electron chi connectivity index (χ4n) is 1.36. The topological polar surface area (TPSA) is 54.9 Å². The van der Waals surface area contributed by atoms with E-state index in [9.17, 15) is 4.21 Å².